The summed E-state index contributed by atoms with van der Waals surface area (Å²) < 4.78 is 11.1. The van der Waals surface area contributed by atoms with Crippen LogP contribution in [0.5, 0.6) is 5.75 Å². The number of morpholine rings is 1. The van der Waals surface area contributed by atoms with Gasteiger partial charge in [0.05, 0.1) is 31.9 Å². The zero-order valence-electron chi connectivity index (χ0n) is 24.0. The predicted molar refractivity (Wildman–Crippen MR) is 155 cm³/mol. The number of rotatable bonds is 11. The average molecular weight is 540 g/mol. The number of likely N-dealkylation sites (tertiary alicyclic amines) is 1. The van der Waals surface area contributed by atoms with Crippen molar-refractivity contribution in [2.24, 2.45) is 11.3 Å². The Hall–Kier alpha value is -1.77. The van der Waals surface area contributed by atoms with Gasteiger partial charge in [0.2, 0.25) is 0 Å². The monoisotopic (exact) mass is 539 g/mol. The van der Waals surface area contributed by atoms with Crippen LogP contribution in [0.4, 0.5) is 0 Å². The molecular formula is C32H49N3O4. The molecule has 1 aromatic carbocycles. The number of piperidine rings is 1. The third kappa shape index (κ3) is 7.31. The van der Waals surface area contributed by atoms with Crippen molar-refractivity contribution < 1.29 is 19.7 Å². The van der Waals surface area contributed by atoms with Gasteiger partial charge in [-0.25, -0.2) is 0 Å². The maximum atomic E-state index is 11.7. The van der Waals surface area contributed by atoms with Crippen molar-refractivity contribution in [1.29, 1.82) is 0 Å². The Labute approximate surface area is 234 Å². The molecule has 7 heteroatoms. The summed E-state index contributed by atoms with van der Waals surface area (Å²) in [7, 11) is 1.68. The first kappa shape index (κ1) is 28.7. The Morgan fingerprint density at radius 2 is 1.85 bits per heavy atom. The number of ether oxygens (including phenoxy) is 2. The van der Waals surface area contributed by atoms with Crippen molar-refractivity contribution in [2.45, 2.75) is 76.9 Å². The van der Waals surface area contributed by atoms with Crippen molar-refractivity contribution in [2.75, 3.05) is 59.7 Å². The van der Waals surface area contributed by atoms with E-state index in [1.165, 1.54) is 45.1 Å². The molecule has 1 aromatic heterocycles. The molecule has 3 heterocycles. The van der Waals surface area contributed by atoms with Crippen LogP contribution in [0.2, 0.25) is 0 Å². The van der Waals surface area contributed by atoms with Crippen molar-refractivity contribution in [3.63, 3.8) is 0 Å². The largest absolute Gasteiger partial charge is 0.497 e. The molecule has 0 bridgehead atoms. The third-order valence-corrected chi connectivity index (χ3v) is 9.81. The van der Waals surface area contributed by atoms with Crippen LogP contribution in [0.1, 0.15) is 81.4 Å². The molecule has 39 heavy (non-hydrogen) atoms. The first-order chi connectivity index (χ1) is 19.1. The summed E-state index contributed by atoms with van der Waals surface area (Å²) in [5, 5.41) is 23.2. The molecule has 216 valence electrons. The van der Waals surface area contributed by atoms with Crippen LogP contribution in [-0.2, 0) is 11.3 Å². The summed E-state index contributed by atoms with van der Waals surface area (Å²) in [6.07, 6.45) is 13.2. The highest BCUT2D eigenvalue weighted by Gasteiger charge is 2.35. The number of hydrogen-bond donors (Lipinski definition) is 2. The fraction of sp³-hybridized carbons (Fsp3) is 0.719. The molecule has 2 N–H and O–H groups in total. The number of methoxy groups -OCH3 is 1. The smallest absolute Gasteiger partial charge is 0.119 e. The minimum absolute atomic E-state index is 0.104. The van der Waals surface area contributed by atoms with Crippen LogP contribution in [0.3, 0.4) is 0 Å². The molecule has 2 aromatic rings. The Kier molecular flexibility index (Phi) is 10.1. The van der Waals surface area contributed by atoms with E-state index in [1.54, 1.807) is 7.11 Å². The maximum absolute atomic E-state index is 11.7. The number of nitrogens with zero attached hydrogens (tertiary/aromatic N) is 3. The van der Waals surface area contributed by atoms with Crippen molar-refractivity contribution in [1.82, 2.24) is 14.8 Å². The molecule has 0 amide bonds. The van der Waals surface area contributed by atoms with E-state index >= 15 is 0 Å². The van der Waals surface area contributed by atoms with Gasteiger partial charge in [-0.1, -0.05) is 32.1 Å². The van der Waals surface area contributed by atoms with Gasteiger partial charge in [0.1, 0.15) is 5.75 Å². The summed E-state index contributed by atoms with van der Waals surface area (Å²) in [5.41, 5.74) is 2.80. The normalized spacial score (nSPS) is 22.2. The molecule has 1 saturated carbocycles. The van der Waals surface area contributed by atoms with Gasteiger partial charge >= 0.3 is 0 Å². The van der Waals surface area contributed by atoms with Gasteiger partial charge in [0.15, 0.2) is 0 Å². The molecule has 2 saturated heterocycles. The van der Waals surface area contributed by atoms with E-state index in [0.717, 1.165) is 98.9 Å². The number of aliphatic hydroxyl groups is 2. The van der Waals surface area contributed by atoms with Crippen molar-refractivity contribution in [3.05, 3.63) is 35.5 Å². The minimum Gasteiger partial charge on any atom is -0.497 e. The van der Waals surface area contributed by atoms with Gasteiger partial charge in [-0.15, -0.1) is 0 Å². The Morgan fingerprint density at radius 1 is 1.08 bits per heavy atom. The second kappa shape index (κ2) is 13.7. The second-order valence-electron chi connectivity index (χ2n) is 12.3. The number of benzene rings is 1. The Morgan fingerprint density at radius 3 is 2.56 bits per heavy atom. The quantitative estimate of drug-likeness (QED) is 0.419. The number of pyridine rings is 1. The number of hydrogen-bond acceptors (Lipinski definition) is 7. The van der Waals surface area contributed by atoms with E-state index < -0.39 is 6.10 Å². The summed E-state index contributed by atoms with van der Waals surface area (Å²) in [6, 6.07) is 5.91. The van der Waals surface area contributed by atoms with Crippen molar-refractivity contribution in [3.8, 4) is 5.75 Å². The van der Waals surface area contributed by atoms with Gasteiger partial charge in [-0.3, -0.25) is 9.88 Å². The van der Waals surface area contributed by atoms with Gasteiger partial charge in [0.25, 0.3) is 0 Å². The first-order valence-corrected chi connectivity index (χ1v) is 15.4. The van der Waals surface area contributed by atoms with Gasteiger partial charge in [-0.05, 0) is 92.4 Å². The average Bonchev–Trinajstić information content (AvgIpc) is 3.00. The van der Waals surface area contributed by atoms with E-state index in [0.29, 0.717) is 6.42 Å². The molecule has 7 nitrogen and oxygen atoms in total. The lowest BCUT2D eigenvalue weighted by atomic mass is 9.74. The summed E-state index contributed by atoms with van der Waals surface area (Å²) in [6.45, 7) is 7.51. The first-order valence-electron chi connectivity index (χ1n) is 15.4. The minimum atomic E-state index is -0.619. The topological polar surface area (TPSA) is 78.3 Å². The zero-order chi connectivity index (χ0) is 27.1. The summed E-state index contributed by atoms with van der Waals surface area (Å²) in [5.74, 6) is 1.69. The lowest BCUT2D eigenvalue weighted by Crippen LogP contribution is -2.42. The Bertz CT molecular complexity index is 1040. The molecule has 1 unspecified atom stereocenters. The third-order valence-electron chi connectivity index (χ3n) is 9.81. The van der Waals surface area contributed by atoms with E-state index in [2.05, 4.69) is 9.80 Å². The maximum Gasteiger partial charge on any atom is 0.119 e. The number of aliphatic hydroxyl groups excluding tert-OH is 2. The van der Waals surface area contributed by atoms with E-state index in [4.69, 9.17) is 14.5 Å². The molecule has 1 atom stereocenters. The fourth-order valence-electron chi connectivity index (χ4n) is 7.05. The van der Waals surface area contributed by atoms with Crippen LogP contribution in [0, 0.1) is 11.3 Å². The summed E-state index contributed by atoms with van der Waals surface area (Å²) >= 11 is 0. The van der Waals surface area contributed by atoms with Crippen LogP contribution in [0.15, 0.2) is 24.4 Å². The van der Waals surface area contributed by atoms with E-state index in [9.17, 15) is 10.2 Å². The fourth-order valence-corrected chi connectivity index (χ4v) is 7.05. The molecule has 2 aliphatic heterocycles. The Balaban J connectivity index is 1.25. The summed E-state index contributed by atoms with van der Waals surface area (Å²) in [4.78, 5) is 9.72. The number of fused-ring (bicyclic) bond motifs is 1. The SMILES string of the molecule is COc1ccc2ncc(CN3CCOCC3)c(C(O)CCC3(CO)CCN(CCC4CCCCC4)CC3)c2c1. The molecule has 5 rings (SSSR count). The molecule has 0 spiro atoms. The van der Waals surface area contributed by atoms with Gasteiger partial charge < -0.3 is 24.6 Å². The predicted octanol–water partition coefficient (Wildman–Crippen LogP) is 4.93. The molecule has 3 fully saturated rings. The van der Waals surface area contributed by atoms with Gasteiger partial charge in [-0.2, -0.15) is 0 Å². The molecule has 3 aliphatic rings. The van der Waals surface area contributed by atoms with Gasteiger partial charge in [0, 0.05) is 37.8 Å². The van der Waals surface area contributed by atoms with Crippen molar-refractivity contribution >= 4 is 10.9 Å². The van der Waals surface area contributed by atoms with Crippen LogP contribution in [-0.4, -0.2) is 84.7 Å². The van der Waals surface area contributed by atoms with E-state index in [1.807, 2.05) is 24.4 Å². The number of aromatic nitrogens is 1. The zero-order valence-corrected chi connectivity index (χ0v) is 24.0. The molecular weight excluding hydrogens is 490 g/mol. The van der Waals surface area contributed by atoms with E-state index in [-0.39, 0.29) is 12.0 Å². The van der Waals surface area contributed by atoms with Crippen LogP contribution < -0.4 is 4.74 Å². The lowest BCUT2D eigenvalue weighted by Gasteiger charge is -2.42. The second-order valence-corrected chi connectivity index (χ2v) is 12.3. The highest BCUT2D eigenvalue weighted by atomic mass is 16.5. The highest BCUT2D eigenvalue weighted by molar-refractivity contribution is 5.85. The van der Waals surface area contributed by atoms with Crippen LogP contribution >= 0.6 is 0 Å². The molecule has 1 aliphatic carbocycles. The lowest BCUT2D eigenvalue weighted by molar-refractivity contribution is 0.0212. The molecule has 0 radical (unpaired) electrons. The van der Waals surface area contributed by atoms with Crippen LogP contribution in [0.25, 0.3) is 10.9 Å². The highest BCUT2D eigenvalue weighted by Crippen LogP contribution is 2.40. The standard InChI is InChI=1S/C32H49N3O4/c1-38-27-7-8-29-28(21-27)31(26(22-33-29)23-35-17-19-39-20-18-35)30(37)9-11-32(24-36)12-15-34(16-13-32)14-10-25-5-3-2-4-6-25/h7-8,21-22,25,30,36-37H,2-6,9-20,23-24H2,1H3.